The van der Waals surface area contributed by atoms with E-state index in [1.807, 2.05) is 48.5 Å². The minimum absolute atomic E-state index is 0.177. The molecule has 2 aromatic rings. The minimum Gasteiger partial charge on any atom is -0.311 e. The van der Waals surface area contributed by atoms with Crippen LogP contribution in [0.3, 0.4) is 0 Å². The molecular formula is C18H12BrN3O2S. The number of carbonyl (C=O) groups is 2. The van der Waals surface area contributed by atoms with E-state index in [0.717, 1.165) is 21.4 Å². The molecule has 0 bridgehead atoms. The summed E-state index contributed by atoms with van der Waals surface area (Å²) in [5, 5.41) is 3.21. The molecule has 2 amide bonds. The second-order valence-electron chi connectivity index (χ2n) is 5.54. The number of benzene rings is 2. The zero-order chi connectivity index (χ0) is 17.6. The summed E-state index contributed by atoms with van der Waals surface area (Å²) in [5.74, 6) is -0.474. The Morgan fingerprint density at radius 3 is 2.56 bits per heavy atom. The van der Waals surface area contributed by atoms with E-state index in [-0.39, 0.29) is 11.8 Å². The van der Waals surface area contributed by atoms with Crippen molar-refractivity contribution in [3.8, 4) is 0 Å². The van der Waals surface area contributed by atoms with Crippen molar-refractivity contribution < 1.29 is 9.59 Å². The van der Waals surface area contributed by atoms with E-state index in [1.54, 1.807) is 11.9 Å². The maximum absolute atomic E-state index is 12.6. The molecule has 4 rings (SSSR count). The highest BCUT2D eigenvalue weighted by atomic mass is 79.9. The first-order valence-corrected chi connectivity index (χ1v) is 9.11. The number of nitrogens with one attached hydrogen (secondary N) is 1. The Morgan fingerprint density at radius 2 is 1.80 bits per heavy atom. The Kier molecular flexibility index (Phi) is 3.97. The summed E-state index contributed by atoms with van der Waals surface area (Å²) in [6.45, 7) is 0. The van der Waals surface area contributed by atoms with Crippen molar-refractivity contribution in [1.82, 2.24) is 5.32 Å². The molecule has 0 aliphatic carbocycles. The summed E-state index contributed by atoms with van der Waals surface area (Å²) >= 11 is 4.57. The monoisotopic (exact) mass is 413 g/mol. The largest absolute Gasteiger partial charge is 0.311 e. The molecule has 2 aromatic carbocycles. The fraction of sp³-hybridized carbons (Fsp3) is 0.0556. The highest BCUT2D eigenvalue weighted by Crippen LogP contribution is 2.42. The molecule has 0 unspecified atom stereocenters. The number of halogens is 1. The van der Waals surface area contributed by atoms with E-state index in [1.165, 1.54) is 11.8 Å². The number of likely N-dealkylation sites (N-methyl/N-ethyl adjacent to an activating group) is 1. The van der Waals surface area contributed by atoms with E-state index in [9.17, 15) is 9.59 Å². The maximum Gasteiger partial charge on any atom is 0.264 e. The normalized spacial score (nSPS) is 21.0. The van der Waals surface area contributed by atoms with E-state index in [4.69, 9.17) is 0 Å². The van der Waals surface area contributed by atoms with Crippen molar-refractivity contribution >= 4 is 61.6 Å². The fourth-order valence-corrected chi connectivity index (χ4v) is 3.96. The summed E-state index contributed by atoms with van der Waals surface area (Å²) in [6.07, 6.45) is 0. The lowest BCUT2D eigenvalue weighted by atomic mass is 10.1. The minimum atomic E-state index is -0.297. The molecule has 2 heterocycles. The Hall–Kier alpha value is -2.38. The molecule has 1 N–H and O–H groups in total. The molecule has 25 heavy (non-hydrogen) atoms. The SMILES string of the molecule is CN1C(=O)/C(=C2/SC(=Nc3ccc(Br)cc3)NC2=O)c2ccccc21. The average Bonchev–Trinajstić information content (AvgIpc) is 3.08. The van der Waals surface area contributed by atoms with Gasteiger partial charge in [-0.1, -0.05) is 34.1 Å². The van der Waals surface area contributed by atoms with Gasteiger partial charge in [0.05, 0.1) is 21.9 Å². The predicted molar refractivity (Wildman–Crippen MR) is 104 cm³/mol. The van der Waals surface area contributed by atoms with Crippen molar-refractivity contribution in [2.24, 2.45) is 4.99 Å². The number of thioether (sulfide) groups is 1. The third-order valence-electron chi connectivity index (χ3n) is 3.96. The van der Waals surface area contributed by atoms with Gasteiger partial charge in [-0.2, -0.15) is 0 Å². The average molecular weight is 414 g/mol. The number of nitrogens with zero attached hydrogens (tertiary/aromatic N) is 2. The summed E-state index contributed by atoms with van der Waals surface area (Å²) in [4.78, 5) is 31.4. The molecule has 0 saturated carbocycles. The molecule has 2 aliphatic rings. The van der Waals surface area contributed by atoms with Gasteiger partial charge in [-0.25, -0.2) is 4.99 Å². The number of rotatable bonds is 1. The van der Waals surface area contributed by atoms with E-state index in [2.05, 4.69) is 26.2 Å². The molecule has 0 aromatic heterocycles. The fourth-order valence-electron chi connectivity index (χ4n) is 2.76. The van der Waals surface area contributed by atoms with Crippen LogP contribution in [0.15, 0.2) is 62.9 Å². The Bertz CT molecular complexity index is 967. The van der Waals surface area contributed by atoms with Gasteiger partial charge in [0, 0.05) is 17.1 Å². The molecule has 5 nitrogen and oxygen atoms in total. The zero-order valence-corrected chi connectivity index (χ0v) is 15.5. The van der Waals surface area contributed by atoms with Crippen LogP contribution in [-0.4, -0.2) is 24.0 Å². The first-order valence-electron chi connectivity index (χ1n) is 7.50. The van der Waals surface area contributed by atoms with Crippen LogP contribution in [0.1, 0.15) is 5.56 Å². The lowest BCUT2D eigenvalue weighted by Gasteiger charge is -2.08. The second-order valence-corrected chi connectivity index (χ2v) is 7.45. The number of amidine groups is 1. The van der Waals surface area contributed by atoms with Crippen LogP contribution in [0.5, 0.6) is 0 Å². The molecule has 124 valence electrons. The van der Waals surface area contributed by atoms with Crippen molar-refractivity contribution in [3.05, 3.63) is 63.5 Å². The topological polar surface area (TPSA) is 61.8 Å². The lowest BCUT2D eigenvalue weighted by Crippen LogP contribution is -2.23. The second kappa shape index (κ2) is 6.16. The molecule has 0 spiro atoms. The van der Waals surface area contributed by atoms with Crippen LogP contribution >= 0.6 is 27.7 Å². The Labute approximate surface area is 156 Å². The first-order chi connectivity index (χ1) is 12.0. The van der Waals surface area contributed by atoms with Gasteiger partial charge in [0.1, 0.15) is 0 Å². The maximum atomic E-state index is 12.6. The molecule has 7 heteroatoms. The van der Waals surface area contributed by atoms with Gasteiger partial charge in [-0.3, -0.25) is 9.59 Å². The quantitative estimate of drug-likeness (QED) is 0.725. The van der Waals surface area contributed by atoms with Crippen molar-refractivity contribution in [1.29, 1.82) is 0 Å². The number of hydrogen-bond donors (Lipinski definition) is 1. The van der Waals surface area contributed by atoms with E-state index in [0.29, 0.717) is 15.6 Å². The Morgan fingerprint density at radius 1 is 1.08 bits per heavy atom. The third kappa shape index (κ3) is 2.79. The highest BCUT2D eigenvalue weighted by molar-refractivity contribution is 9.10. The van der Waals surface area contributed by atoms with Gasteiger partial charge in [0.25, 0.3) is 11.8 Å². The van der Waals surface area contributed by atoms with E-state index < -0.39 is 0 Å². The zero-order valence-electron chi connectivity index (χ0n) is 13.1. The first kappa shape index (κ1) is 16.1. The molecule has 1 fully saturated rings. The van der Waals surface area contributed by atoms with Crippen LogP contribution in [-0.2, 0) is 9.59 Å². The number of carbonyl (C=O) groups excluding carboxylic acids is 2. The number of aliphatic imine (C=N–C) groups is 1. The van der Waals surface area contributed by atoms with Gasteiger partial charge in [-0.05, 0) is 42.1 Å². The van der Waals surface area contributed by atoms with Gasteiger partial charge in [0.2, 0.25) is 0 Å². The molecule has 0 radical (unpaired) electrons. The van der Waals surface area contributed by atoms with Crippen LogP contribution in [0.4, 0.5) is 11.4 Å². The molecular weight excluding hydrogens is 402 g/mol. The highest BCUT2D eigenvalue weighted by Gasteiger charge is 2.37. The number of hydrogen-bond acceptors (Lipinski definition) is 4. The summed E-state index contributed by atoms with van der Waals surface area (Å²) in [5.41, 5.74) is 2.74. The smallest absolute Gasteiger partial charge is 0.264 e. The summed E-state index contributed by atoms with van der Waals surface area (Å²) in [7, 11) is 1.71. The lowest BCUT2D eigenvalue weighted by molar-refractivity contribution is -0.116. The molecule has 0 atom stereocenters. The number of anilines is 1. The third-order valence-corrected chi connectivity index (χ3v) is 5.47. The number of amides is 2. The van der Waals surface area contributed by atoms with Crippen LogP contribution in [0.25, 0.3) is 5.57 Å². The van der Waals surface area contributed by atoms with Gasteiger partial charge in [0.15, 0.2) is 5.17 Å². The Balaban J connectivity index is 1.75. The van der Waals surface area contributed by atoms with Gasteiger partial charge in [-0.15, -0.1) is 0 Å². The summed E-state index contributed by atoms with van der Waals surface area (Å²) in [6, 6.07) is 14.9. The molecule has 1 saturated heterocycles. The van der Waals surface area contributed by atoms with Gasteiger partial charge < -0.3 is 10.2 Å². The predicted octanol–water partition coefficient (Wildman–Crippen LogP) is 3.69. The van der Waals surface area contributed by atoms with Gasteiger partial charge >= 0.3 is 0 Å². The number of fused-ring (bicyclic) bond motifs is 1. The van der Waals surface area contributed by atoms with Crippen molar-refractivity contribution in [2.75, 3.05) is 11.9 Å². The standard InChI is InChI=1S/C18H12BrN3O2S/c1-22-13-5-3-2-4-12(13)14(17(22)24)15-16(23)21-18(25-15)20-11-8-6-10(19)7-9-11/h2-9H,1H3,(H,20,21,23)/b15-14+. The molecule has 2 aliphatic heterocycles. The number of para-hydroxylation sites is 1. The van der Waals surface area contributed by atoms with Crippen LogP contribution in [0, 0.1) is 0 Å². The van der Waals surface area contributed by atoms with Crippen molar-refractivity contribution in [3.63, 3.8) is 0 Å². The van der Waals surface area contributed by atoms with E-state index >= 15 is 0 Å². The van der Waals surface area contributed by atoms with Crippen LogP contribution < -0.4 is 10.2 Å². The van der Waals surface area contributed by atoms with Crippen molar-refractivity contribution in [2.45, 2.75) is 0 Å². The summed E-state index contributed by atoms with van der Waals surface area (Å²) < 4.78 is 0.957. The van der Waals surface area contributed by atoms with Crippen LogP contribution in [0.2, 0.25) is 0 Å².